The van der Waals surface area contributed by atoms with Crippen molar-refractivity contribution in [1.82, 2.24) is 0 Å². The highest BCUT2D eigenvalue weighted by atomic mass is 15.2. The molecule has 2 heterocycles. The van der Waals surface area contributed by atoms with Crippen LogP contribution >= 0.6 is 0 Å². The first-order valence-corrected chi connectivity index (χ1v) is 18.1. The van der Waals surface area contributed by atoms with Gasteiger partial charge in [-0.3, -0.25) is 0 Å². The van der Waals surface area contributed by atoms with E-state index in [1.165, 1.54) is 72.8 Å². The lowest BCUT2D eigenvalue weighted by Crippen LogP contribution is -2.61. The minimum atomic E-state index is 0.0161. The van der Waals surface area contributed by atoms with Crippen LogP contribution in [0, 0.1) is 0 Å². The number of benzene rings is 5. The molecule has 3 heteroatoms. The van der Waals surface area contributed by atoms with Gasteiger partial charge in [-0.2, -0.15) is 0 Å². The minimum Gasteiger partial charge on any atom is -0.311 e. The second kappa shape index (κ2) is 11.1. The quantitative estimate of drug-likeness (QED) is 0.173. The summed E-state index contributed by atoms with van der Waals surface area (Å²) in [5, 5.41) is 0. The standard InChI is InChI=1S/C46H53BN2/c1-43(2,3)30-20-23-34(24-21-30)48-39-25-22-31(44(4,5)6)29-37(39)47-36-16-13-14-17-38(36)49(41-19-15-18-40(48)42(41)47)35-27-32(45(7,8)9)26-33(28-35)46(10,11)12/h13-29H,1-12H3. The van der Waals surface area contributed by atoms with E-state index < -0.39 is 0 Å². The first-order chi connectivity index (χ1) is 22.8. The van der Waals surface area contributed by atoms with Crippen LogP contribution in [-0.2, 0) is 21.7 Å². The van der Waals surface area contributed by atoms with Crippen molar-refractivity contribution in [2.24, 2.45) is 0 Å². The molecule has 0 saturated carbocycles. The predicted octanol–water partition coefficient (Wildman–Crippen LogP) is 11.0. The lowest BCUT2D eigenvalue weighted by Gasteiger charge is -2.44. The summed E-state index contributed by atoms with van der Waals surface area (Å²) in [5.41, 5.74) is 17.2. The van der Waals surface area contributed by atoms with Gasteiger partial charge in [0.2, 0.25) is 0 Å². The van der Waals surface area contributed by atoms with Crippen LogP contribution in [0.4, 0.5) is 34.1 Å². The molecule has 0 fully saturated rings. The van der Waals surface area contributed by atoms with Crippen molar-refractivity contribution >= 4 is 57.2 Å². The van der Waals surface area contributed by atoms with Gasteiger partial charge in [0.25, 0.3) is 6.71 Å². The lowest BCUT2D eigenvalue weighted by atomic mass is 9.33. The number of para-hydroxylation sites is 1. The van der Waals surface area contributed by atoms with E-state index in [4.69, 9.17) is 0 Å². The molecule has 2 nitrogen and oxygen atoms in total. The Bertz CT molecular complexity index is 2030. The van der Waals surface area contributed by atoms with Crippen LogP contribution in [0.25, 0.3) is 0 Å². The number of rotatable bonds is 2. The Labute approximate surface area is 296 Å². The summed E-state index contributed by atoms with van der Waals surface area (Å²) in [5.74, 6) is 0. The summed E-state index contributed by atoms with van der Waals surface area (Å²) in [4.78, 5) is 5.07. The molecule has 0 saturated heterocycles. The van der Waals surface area contributed by atoms with Crippen molar-refractivity contribution in [1.29, 1.82) is 0 Å². The van der Waals surface area contributed by atoms with Crippen LogP contribution in [0.2, 0.25) is 0 Å². The van der Waals surface area contributed by atoms with Crippen molar-refractivity contribution in [3.05, 3.63) is 125 Å². The summed E-state index contributed by atoms with van der Waals surface area (Å²) in [6, 6.07) is 39.8. The molecule has 0 atom stereocenters. The number of anilines is 6. The smallest absolute Gasteiger partial charge is 0.252 e. The van der Waals surface area contributed by atoms with Gasteiger partial charge in [0, 0.05) is 34.1 Å². The van der Waals surface area contributed by atoms with E-state index in [-0.39, 0.29) is 28.4 Å². The van der Waals surface area contributed by atoms with E-state index >= 15 is 0 Å². The Morgan fingerprint density at radius 3 is 1.39 bits per heavy atom. The number of hydrogen-bond donors (Lipinski definition) is 0. The highest BCUT2D eigenvalue weighted by Crippen LogP contribution is 2.46. The van der Waals surface area contributed by atoms with E-state index in [0.29, 0.717) is 0 Å². The second-order valence-electron chi connectivity index (χ2n) is 18.5. The van der Waals surface area contributed by atoms with Crippen LogP contribution in [0.15, 0.2) is 103 Å². The maximum atomic E-state index is 2.55. The van der Waals surface area contributed by atoms with Gasteiger partial charge in [0.1, 0.15) is 0 Å². The lowest BCUT2D eigenvalue weighted by molar-refractivity contribution is 0.569. The van der Waals surface area contributed by atoms with Gasteiger partial charge < -0.3 is 9.80 Å². The molecule has 0 aromatic heterocycles. The molecular weight excluding hydrogens is 591 g/mol. The van der Waals surface area contributed by atoms with Gasteiger partial charge >= 0.3 is 0 Å². The molecule has 49 heavy (non-hydrogen) atoms. The van der Waals surface area contributed by atoms with Crippen LogP contribution in [-0.4, -0.2) is 6.71 Å². The van der Waals surface area contributed by atoms with E-state index in [1.807, 2.05) is 0 Å². The molecule has 2 aliphatic rings. The van der Waals surface area contributed by atoms with E-state index in [9.17, 15) is 0 Å². The molecule has 7 rings (SSSR count). The van der Waals surface area contributed by atoms with Crippen molar-refractivity contribution in [2.45, 2.75) is 105 Å². The van der Waals surface area contributed by atoms with Crippen LogP contribution in [0.3, 0.4) is 0 Å². The van der Waals surface area contributed by atoms with E-state index in [2.05, 4.69) is 196 Å². The minimum absolute atomic E-state index is 0.0161. The maximum absolute atomic E-state index is 2.55. The zero-order valence-electron chi connectivity index (χ0n) is 31.8. The Morgan fingerprint density at radius 1 is 0.367 bits per heavy atom. The summed E-state index contributed by atoms with van der Waals surface area (Å²) in [6.07, 6.45) is 0. The highest BCUT2D eigenvalue weighted by molar-refractivity contribution is 7.00. The SMILES string of the molecule is CC(C)(C)c1ccc(N2c3ccc(C(C)(C)C)cc3B3c4ccccc4N(c4cc(C(C)(C)C)cc(C(C)(C)C)c4)c4cccc2c43)cc1. The Balaban J connectivity index is 1.54. The first-order valence-electron chi connectivity index (χ1n) is 18.1. The van der Waals surface area contributed by atoms with Gasteiger partial charge in [-0.1, -0.05) is 138 Å². The average Bonchev–Trinajstić information content (AvgIpc) is 3.02. The van der Waals surface area contributed by atoms with Gasteiger partial charge in [-0.05, 0) is 109 Å². The fraction of sp³-hybridized carbons (Fsp3) is 0.348. The molecule has 0 amide bonds. The number of nitrogens with zero attached hydrogens (tertiary/aromatic N) is 2. The van der Waals surface area contributed by atoms with Crippen molar-refractivity contribution in [3.8, 4) is 0 Å². The fourth-order valence-electron chi connectivity index (χ4n) is 7.63. The van der Waals surface area contributed by atoms with Crippen molar-refractivity contribution in [2.75, 3.05) is 9.80 Å². The van der Waals surface area contributed by atoms with Crippen LogP contribution in [0.5, 0.6) is 0 Å². The molecule has 0 radical (unpaired) electrons. The molecule has 0 aliphatic carbocycles. The van der Waals surface area contributed by atoms with E-state index in [0.717, 1.165) is 0 Å². The third-order valence-electron chi connectivity index (χ3n) is 10.7. The van der Waals surface area contributed by atoms with Crippen molar-refractivity contribution in [3.63, 3.8) is 0 Å². The second-order valence-corrected chi connectivity index (χ2v) is 18.5. The zero-order chi connectivity index (χ0) is 35.3. The zero-order valence-corrected chi connectivity index (χ0v) is 31.8. The molecular formula is C46H53BN2. The average molecular weight is 645 g/mol. The van der Waals surface area contributed by atoms with Gasteiger partial charge in [-0.15, -0.1) is 0 Å². The molecule has 5 aromatic carbocycles. The van der Waals surface area contributed by atoms with Crippen LogP contribution in [0.1, 0.15) is 105 Å². The van der Waals surface area contributed by atoms with Gasteiger partial charge in [0.15, 0.2) is 0 Å². The number of fused-ring (bicyclic) bond motifs is 4. The molecule has 5 aromatic rings. The number of hydrogen-bond acceptors (Lipinski definition) is 2. The Morgan fingerprint density at radius 2 is 0.837 bits per heavy atom. The van der Waals surface area contributed by atoms with Gasteiger partial charge in [0.05, 0.1) is 0 Å². The third kappa shape index (κ3) is 5.70. The normalized spacial score (nSPS) is 14.4. The Hall–Kier alpha value is -4.24. The molecule has 0 bridgehead atoms. The van der Waals surface area contributed by atoms with Gasteiger partial charge in [-0.25, -0.2) is 0 Å². The highest BCUT2D eigenvalue weighted by Gasteiger charge is 2.43. The summed E-state index contributed by atoms with van der Waals surface area (Å²) in [6.45, 7) is 27.9. The molecule has 0 unspecified atom stereocenters. The molecule has 0 N–H and O–H groups in total. The first kappa shape index (κ1) is 33.3. The van der Waals surface area contributed by atoms with E-state index in [1.54, 1.807) is 0 Å². The molecule has 250 valence electrons. The molecule has 2 aliphatic heterocycles. The Kier molecular flexibility index (Phi) is 7.56. The largest absolute Gasteiger partial charge is 0.311 e. The summed E-state index contributed by atoms with van der Waals surface area (Å²) >= 11 is 0. The monoisotopic (exact) mass is 644 g/mol. The van der Waals surface area contributed by atoms with Crippen LogP contribution < -0.4 is 26.2 Å². The summed E-state index contributed by atoms with van der Waals surface area (Å²) < 4.78 is 0. The topological polar surface area (TPSA) is 6.48 Å². The fourth-order valence-corrected chi connectivity index (χ4v) is 7.63. The maximum Gasteiger partial charge on any atom is 0.252 e. The predicted molar refractivity (Wildman–Crippen MR) is 215 cm³/mol. The van der Waals surface area contributed by atoms with Crippen molar-refractivity contribution < 1.29 is 0 Å². The molecule has 0 spiro atoms. The summed E-state index contributed by atoms with van der Waals surface area (Å²) in [7, 11) is 0. The third-order valence-corrected chi connectivity index (χ3v) is 10.7.